The number of allylic oxidation sites excluding steroid dienone is 4. The molecule has 0 N–H and O–H groups in total. The summed E-state index contributed by atoms with van der Waals surface area (Å²) >= 11 is 0. The molecule has 0 aliphatic carbocycles. The van der Waals surface area contributed by atoms with Gasteiger partial charge in [0.15, 0.2) is 11.2 Å². The standard InChI is InChI=1S/C24H31NO2/c1-10-14(3)19-16(11-2)22(5,6)23(7,8)24(9)18-20(15(4)25(19)24)27-17-12-13-26-21(17)18/h10-13,15H,2H2,1,3-9H3/b14-10-/t15-,24?/m0/s1. The molecule has 0 fully saturated rings. The van der Waals surface area contributed by atoms with Gasteiger partial charge in [0.2, 0.25) is 0 Å². The van der Waals surface area contributed by atoms with Crippen molar-refractivity contribution in [2.75, 3.05) is 0 Å². The van der Waals surface area contributed by atoms with Crippen LogP contribution < -0.4 is 0 Å². The van der Waals surface area contributed by atoms with Gasteiger partial charge in [0, 0.05) is 17.2 Å². The molecule has 2 atom stereocenters. The zero-order valence-electron chi connectivity index (χ0n) is 17.9. The molecule has 4 rings (SSSR count). The summed E-state index contributed by atoms with van der Waals surface area (Å²) < 4.78 is 12.2. The highest BCUT2D eigenvalue weighted by atomic mass is 16.4. The molecule has 2 aromatic rings. The molecule has 0 saturated carbocycles. The first-order chi connectivity index (χ1) is 12.6. The Balaban J connectivity index is 2.17. The molecule has 2 aliphatic rings. The van der Waals surface area contributed by atoms with E-state index in [9.17, 15) is 0 Å². The predicted octanol–water partition coefficient (Wildman–Crippen LogP) is 7.09. The molecule has 0 radical (unpaired) electrons. The molecule has 0 aromatic carbocycles. The number of nitrogens with zero attached hydrogens (tertiary/aromatic N) is 1. The summed E-state index contributed by atoms with van der Waals surface area (Å²) in [5, 5.41) is 0. The largest absolute Gasteiger partial charge is 0.460 e. The Bertz CT molecular complexity index is 1010. The van der Waals surface area contributed by atoms with E-state index in [2.05, 4.69) is 79.0 Å². The van der Waals surface area contributed by atoms with Crippen molar-refractivity contribution in [3.8, 4) is 0 Å². The lowest BCUT2D eigenvalue weighted by atomic mass is 9.51. The van der Waals surface area contributed by atoms with Crippen LogP contribution in [0.1, 0.15) is 72.8 Å². The number of rotatable bonds is 2. The lowest BCUT2D eigenvalue weighted by Gasteiger charge is -2.62. The Morgan fingerprint density at radius 3 is 2.48 bits per heavy atom. The first-order valence-electron chi connectivity index (χ1n) is 9.85. The Kier molecular flexibility index (Phi) is 3.52. The first-order valence-corrected chi connectivity index (χ1v) is 9.85. The second kappa shape index (κ2) is 5.21. The van der Waals surface area contributed by atoms with E-state index in [1.807, 2.05) is 6.07 Å². The van der Waals surface area contributed by atoms with Crippen LogP contribution in [0.5, 0.6) is 0 Å². The SMILES string of the molecule is C=CC1=C(/C(C)=C\C)N2[C@@H](C)c3oc4ccoc4c3C2(C)C(C)(C)C1(C)C. The van der Waals surface area contributed by atoms with Crippen molar-refractivity contribution in [1.29, 1.82) is 0 Å². The third-order valence-corrected chi connectivity index (χ3v) is 8.02. The predicted molar refractivity (Wildman–Crippen MR) is 110 cm³/mol. The van der Waals surface area contributed by atoms with Gasteiger partial charge in [-0.25, -0.2) is 0 Å². The van der Waals surface area contributed by atoms with Crippen molar-refractivity contribution in [3.05, 3.63) is 59.2 Å². The van der Waals surface area contributed by atoms with E-state index in [1.54, 1.807) is 6.26 Å². The minimum Gasteiger partial charge on any atom is -0.460 e. The van der Waals surface area contributed by atoms with Crippen LogP contribution in [0.3, 0.4) is 0 Å². The third-order valence-electron chi connectivity index (χ3n) is 8.02. The van der Waals surface area contributed by atoms with Gasteiger partial charge in [-0.1, -0.05) is 46.4 Å². The summed E-state index contributed by atoms with van der Waals surface area (Å²) in [5.74, 6) is 1.03. The summed E-state index contributed by atoms with van der Waals surface area (Å²) in [6.07, 6.45) is 5.98. The fraction of sp³-hybridized carbons (Fsp3) is 0.500. The second-order valence-electron chi connectivity index (χ2n) is 9.26. The molecule has 27 heavy (non-hydrogen) atoms. The first kappa shape index (κ1) is 18.2. The van der Waals surface area contributed by atoms with Gasteiger partial charge in [0.1, 0.15) is 5.76 Å². The van der Waals surface area contributed by atoms with Crippen molar-refractivity contribution in [1.82, 2.24) is 4.90 Å². The zero-order valence-corrected chi connectivity index (χ0v) is 17.9. The average Bonchev–Trinajstić information content (AvgIpc) is 3.24. The van der Waals surface area contributed by atoms with Gasteiger partial charge < -0.3 is 13.7 Å². The molecular weight excluding hydrogens is 334 g/mol. The normalized spacial score (nSPS) is 29.3. The van der Waals surface area contributed by atoms with Crippen molar-refractivity contribution in [2.24, 2.45) is 10.8 Å². The summed E-state index contributed by atoms with van der Waals surface area (Å²) in [4.78, 5) is 2.56. The summed E-state index contributed by atoms with van der Waals surface area (Å²) in [6.45, 7) is 22.5. The van der Waals surface area contributed by atoms with E-state index in [0.29, 0.717) is 0 Å². The van der Waals surface area contributed by atoms with Crippen LogP contribution >= 0.6 is 0 Å². The van der Waals surface area contributed by atoms with Crippen LogP contribution in [0.2, 0.25) is 0 Å². The van der Waals surface area contributed by atoms with E-state index >= 15 is 0 Å². The van der Waals surface area contributed by atoms with Gasteiger partial charge in [-0.2, -0.15) is 0 Å². The zero-order chi connectivity index (χ0) is 19.9. The van der Waals surface area contributed by atoms with E-state index in [1.165, 1.54) is 22.4 Å². The summed E-state index contributed by atoms with van der Waals surface area (Å²) in [7, 11) is 0. The van der Waals surface area contributed by atoms with Crippen molar-refractivity contribution >= 4 is 11.2 Å². The molecule has 1 unspecified atom stereocenters. The molecule has 3 nitrogen and oxygen atoms in total. The number of fused-ring (bicyclic) bond motifs is 5. The van der Waals surface area contributed by atoms with E-state index in [-0.39, 0.29) is 22.4 Å². The van der Waals surface area contributed by atoms with Gasteiger partial charge in [-0.05, 0) is 44.3 Å². The molecule has 4 heterocycles. The van der Waals surface area contributed by atoms with Crippen LogP contribution in [0.4, 0.5) is 0 Å². The van der Waals surface area contributed by atoms with Gasteiger partial charge >= 0.3 is 0 Å². The molecule has 0 saturated heterocycles. The molecule has 0 bridgehead atoms. The molecule has 2 aliphatic heterocycles. The topological polar surface area (TPSA) is 29.5 Å². The summed E-state index contributed by atoms with van der Waals surface area (Å²) in [6, 6.07) is 2.06. The van der Waals surface area contributed by atoms with Gasteiger partial charge in [-0.15, -0.1) is 0 Å². The fourth-order valence-electron chi connectivity index (χ4n) is 5.51. The monoisotopic (exact) mass is 365 g/mol. The van der Waals surface area contributed by atoms with Crippen LogP contribution in [0.15, 0.2) is 56.7 Å². The van der Waals surface area contributed by atoms with Crippen molar-refractivity contribution in [3.63, 3.8) is 0 Å². The van der Waals surface area contributed by atoms with Crippen LogP contribution in [-0.2, 0) is 5.54 Å². The fourth-order valence-corrected chi connectivity index (χ4v) is 5.51. The quantitative estimate of drug-likeness (QED) is 0.569. The maximum Gasteiger partial charge on any atom is 0.178 e. The molecule has 0 amide bonds. The lowest BCUT2D eigenvalue weighted by Crippen LogP contribution is -2.60. The highest BCUT2D eigenvalue weighted by Crippen LogP contribution is 2.69. The molecule has 0 spiro atoms. The minimum absolute atomic E-state index is 0.0862. The Labute approximate surface area is 162 Å². The van der Waals surface area contributed by atoms with E-state index in [4.69, 9.17) is 8.83 Å². The minimum atomic E-state index is -0.263. The van der Waals surface area contributed by atoms with Crippen LogP contribution in [0.25, 0.3) is 11.2 Å². The van der Waals surface area contributed by atoms with Crippen molar-refractivity contribution in [2.45, 2.75) is 67.0 Å². The maximum absolute atomic E-state index is 6.31. The van der Waals surface area contributed by atoms with Gasteiger partial charge in [-0.3, -0.25) is 0 Å². The van der Waals surface area contributed by atoms with E-state index < -0.39 is 0 Å². The maximum atomic E-state index is 6.31. The Morgan fingerprint density at radius 1 is 1.22 bits per heavy atom. The third kappa shape index (κ3) is 1.78. The highest BCUT2D eigenvalue weighted by molar-refractivity contribution is 5.79. The number of hydrogen-bond acceptors (Lipinski definition) is 3. The van der Waals surface area contributed by atoms with Crippen LogP contribution in [0, 0.1) is 10.8 Å². The average molecular weight is 366 g/mol. The molecular formula is C24H31NO2. The number of hydrogen-bond donors (Lipinski definition) is 0. The van der Waals surface area contributed by atoms with E-state index in [0.717, 1.165) is 16.9 Å². The molecule has 2 aromatic heterocycles. The van der Waals surface area contributed by atoms with Gasteiger partial charge in [0.05, 0.1) is 23.4 Å². The highest BCUT2D eigenvalue weighted by Gasteiger charge is 2.66. The van der Waals surface area contributed by atoms with Crippen molar-refractivity contribution < 1.29 is 8.83 Å². The second-order valence-corrected chi connectivity index (χ2v) is 9.26. The Morgan fingerprint density at radius 2 is 1.89 bits per heavy atom. The van der Waals surface area contributed by atoms with Crippen LogP contribution in [-0.4, -0.2) is 4.90 Å². The number of furan rings is 2. The molecule has 144 valence electrons. The smallest absolute Gasteiger partial charge is 0.178 e. The molecule has 3 heteroatoms. The lowest BCUT2D eigenvalue weighted by molar-refractivity contribution is -0.0689. The Hall–Kier alpha value is -2.16. The summed E-state index contributed by atoms with van der Waals surface area (Å²) in [5.41, 5.74) is 6.35. The van der Waals surface area contributed by atoms with Gasteiger partial charge in [0.25, 0.3) is 0 Å².